The van der Waals surface area contributed by atoms with Crippen molar-refractivity contribution in [3.8, 4) is 16.9 Å². The number of carbonyl (C=O) groups is 1. The Morgan fingerprint density at radius 1 is 1.10 bits per heavy atom. The highest BCUT2D eigenvalue weighted by Crippen LogP contribution is 2.29. The Morgan fingerprint density at radius 2 is 1.83 bits per heavy atom. The van der Waals surface area contributed by atoms with Crippen LogP contribution in [0.2, 0.25) is 0 Å². The quantitative estimate of drug-likeness (QED) is 0.516. The second-order valence-electron chi connectivity index (χ2n) is 6.85. The number of carbonyl (C=O) groups excluding carboxylic acids is 1. The van der Waals surface area contributed by atoms with E-state index in [1.807, 2.05) is 61.5 Å². The molecule has 0 aliphatic rings. The molecule has 0 spiro atoms. The fourth-order valence-electron chi connectivity index (χ4n) is 3.24. The van der Waals surface area contributed by atoms with Crippen LogP contribution < -0.4 is 0 Å². The third kappa shape index (κ3) is 3.54. The molecule has 7 heteroatoms. The Morgan fingerprint density at radius 3 is 2.48 bits per heavy atom. The fraction of sp³-hybridized carbons (Fsp3) is 0.182. The smallest absolute Gasteiger partial charge is 0.259 e. The van der Waals surface area contributed by atoms with Crippen molar-refractivity contribution in [2.24, 2.45) is 0 Å². The zero-order valence-electron chi connectivity index (χ0n) is 16.5. The lowest BCUT2D eigenvalue weighted by Gasteiger charge is -2.25. The molecule has 0 saturated heterocycles. The van der Waals surface area contributed by atoms with Crippen LogP contribution >= 0.6 is 0 Å². The van der Waals surface area contributed by atoms with Gasteiger partial charge in [0.05, 0.1) is 11.7 Å². The van der Waals surface area contributed by atoms with Crippen LogP contribution in [0.5, 0.6) is 0 Å². The molecule has 0 fully saturated rings. The first kappa shape index (κ1) is 18.6. The van der Waals surface area contributed by atoms with Crippen molar-refractivity contribution in [2.75, 3.05) is 7.05 Å². The van der Waals surface area contributed by atoms with Crippen molar-refractivity contribution in [1.82, 2.24) is 24.8 Å². The third-order valence-corrected chi connectivity index (χ3v) is 5.08. The van der Waals surface area contributed by atoms with Crippen molar-refractivity contribution in [3.05, 3.63) is 84.1 Å². The van der Waals surface area contributed by atoms with Crippen molar-refractivity contribution in [1.29, 1.82) is 0 Å². The summed E-state index contributed by atoms with van der Waals surface area (Å²) in [6.45, 7) is 3.76. The van der Waals surface area contributed by atoms with Crippen LogP contribution in [-0.2, 0) is 0 Å². The minimum absolute atomic E-state index is 0.129. The lowest BCUT2D eigenvalue weighted by Crippen LogP contribution is -2.30. The number of amides is 1. The summed E-state index contributed by atoms with van der Waals surface area (Å²) in [5.74, 6) is 0.380. The first-order chi connectivity index (χ1) is 14.1. The van der Waals surface area contributed by atoms with Crippen LogP contribution in [0.3, 0.4) is 0 Å². The molecule has 0 radical (unpaired) electrons. The summed E-state index contributed by atoms with van der Waals surface area (Å²) in [6, 6.07) is 17.3. The highest BCUT2D eigenvalue weighted by Gasteiger charge is 2.27. The molecule has 29 heavy (non-hydrogen) atoms. The van der Waals surface area contributed by atoms with Crippen LogP contribution in [0.15, 0.2) is 71.8 Å². The maximum atomic E-state index is 13.3. The van der Waals surface area contributed by atoms with E-state index < -0.39 is 0 Å². The Bertz CT molecular complexity index is 1100. The first-order valence-electron chi connectivity index (χ1n) is 9.30. The van der Waals surface area contributed by atoms with Crippen LogP contribution in [0.1, 0.15) is 34.6 Å². The zero-order valence-corrected chi connectivity index (χ0v) is 16.5. The second-order valence-corrected chi connectivity index (χ2v) is 6.85. The van der Waals surface area contributed by atoms with Gasteiger partial charge in [0.1, 0.15) is 29.7 Å². The highest BCUT2D eigenvalue weighted by atomic mass is 16.5. The van der Waals surface area contributed by atoms with Gasteiger partial charge in [-0.1, -0.05) is 47.6 Å². The van der Waals surface area contributed by atoms with Gasteiger partial charge in [-0.15, -0.1) is 0 Å². The highest BCUT2D eigenvalue weighted by molar-refractivity contribution is 6.00. The summed E-state index contributed by atoms with van der Waals surface area (Å²) in [5.41, 5.74) is 3.83. The fourth-order valence-corrected chi connectivity index (χ4v) is 3.24. The SMILES string of the molecule is Cc1onc(-c2ccccc2)c1C(=O)N(C)C(C)c1ccc(-n2cncn2)cc1. The summed E-state index contributed by atoms with van der Waals surface area (Å²) in [7, 11) is 1.79. The standard InChI is InChI=1S/C22H21N5O2/c1-15(17-9-11-19(12-10-17)27-14-23-13-24-27)26(3)22(28)20-16(2)29-25-21(20)18-7-5-4-6-8-18/h4-15H,1-3H3. The normalized spacial score (nSPS) is 12.0. The Labute approximate surface area is 168 Å². The largest absolute Gasteiger partial charge is 0.360 e. The average molecular weight is 387 g/mol. The van der Waals surface area contributed by atoms with Gasteiger partial charge in [0.25, 0.3) is 5.91 Å². The summed E-state index contributed by atoms with van der Waals surface area (Å²) in [5, 5.41) is 8.25. The molecule has 7 nitrogen and oxygen atoms in total. The molecular formula is C22H21N5O2. The van der Waals surface area contributed by atoms with E-state index in [2.05, 4.69) is 15.2 Å². The predicted molar refractivity (Wildman–Crippen MR) is 109 cm³/mol. The number of nitrogens with zero attached hydrogens (tertiary/aromatic N) is 5. The average Bonchev–Trinajstić information content (AvgIpc) is 3.43. The van der Waals surface area contributed by atoms with E-state index in [1.54, 1.807) is 29.9 Å². The van der Waals surface area contributed by atoms with E-state index in [1.165, 1.54) is 6.33 Å². The van der Waals surface area contributed by atoms with E-state index in [4.69, 9.17) is 4.52 Å². The Kier molecular flexibility index (Phi) is 4.95. The molecule has 0 aliphatic heterocycles. The summed E-state index contributed by atoms with van der Waals surface area (Å²) in [4.78, 5) is 19.0. The number of aryl methyl sites for hydroxylation is 1. The zero-order chi connectivity index (χ0) is 20.4. The maximum Gasteiger partial charge on any atom is 0.259 e. The lowest BCUT2D eigenvalue weighted by atomic mass is 10.0. The molecular weight excluding hydrogens is 366 g/mol. The maximum absolute atomic E-state index is 13.3. The molecule has 146 valence electrons. The molecule has 0 N–H and O–H groups in total. The third-order valence-electron chi connectivity index (χ3n) is 5.08. The first-order valence-corrected chi connectivity index (χ1v) is 9.30. The van der Waals surface area contributed by atoms with Crippen molar-refractivity contribution >= 4 is 5.91 Å². The topological polar surface area (TPSA) is 77.0 Å². The van der Waals surface area contributed by atoms with Crippen LogP contribution in [0.4, 0.5) is 0 Å². The second kappa shape index (κ2) is 7.71. The number of hydrogen-bond acceptors (Lipinski definition) is 5. The van der Waals surface area contributed by atoms with Gasteiger partial charge in [-0.05, 0) is 31.5 Å². The molecule has 0 aliphatic carbocycles. The van der Waals surface area contributed by atoms with E-state index in [0.29, 0.717) is 17.0 Å². The van der Waals surface area contributed by atoms with Crippen LogP contribution in [-0.4, -0.2) is 37.8 Å². The lowest BCUT2D eigenvalue weighted by molar-refractivity contribution is 0.0741. The Hall–Kier alpha value is -3.74. The minimum Gasteiger partial charge on any atom is -0.360 e. The molecule has 0 bridgehead atoms. The van der Waals surface area contributed by atoms with Gasteiger partial charge in [-0.3, -0.25) is 4.79 Å². The molecule has 2 heterocycles. The summed E-state index contributed by atoms with van der Waals surface area (Å²) in [6.07, 6.45) is 3.14. The van der Waals surface area contributed by atoms with Crippen LogP contribution in [0.25, 0.3) is 16.9 Å². The van der Waals surface area contributed by atoms with Crippen molar-refractivity contribution in [3.63, 3.8) is 0 Å². The van der Waals surface area contributed by atoms with Gasteiger partial charge in [0.2, 0.25) is 0 Å². The summed E-state index contributed by atoms with van der Waals surface area (Å²) < 4.78 is 7.04. The van der Waals surface area contributed by atoms with E-state index >= 15 is 0 Å². The summed E-state index contributed by atoms with van der Waals surface area (Å²) >= 11 is 0. The predicted octanol–water partition coefficient (Wildman–Crippen LogP) is 4.06. The molecule has 0 saturated carbocycles. The van der Waals surface area contributed by atoms with Crippen LogP contribution in [0, 0.1) is 6.92 Å². The van der Waals surface area contributed by atoms with Gasteiger partial charge < -0.3 is 9.42 Å². The molecule has 2 aromatic heterocycles. The van der Waals surface area contributed by atoms with Gasteiger partial charge >= 0.3 is 0 Å². The number of rotatable bonds is 5. The van der Waals surface area contributed by atoms with Gasteiger partial charge in [-0.2, -0.15) is 5.10 Å². The van der Waals surface area contributed by atoms with Gasteiger partial charge in [0, 0.05) is 12.6 Å². The van der Waals surface area contributed by atoms with Gasteiger partial charge in [-0.25, -0.2) is 9.67 Å². The monoisotopic (exact) mass is 387 g/mol. The van der Waals surface area contributed by atoms with Gasteiger partial charge in [0.15, 0.2) is 0 Å². The number of aromatic nitrogens is 4. The molecule has 1 amide bonds. The molecule has 1 atom stereocenters. The van der Waals surface area contributed by atoms with E-state index in [9.17, 15) is 4.79 Å². The minimum atomic E-state index is -0.134. The number of hydrogen-bond donors (Lipinski definition) is 0. The molecule has 4 rings (SSSR count). The number of benzene rings is 2. The Balaban J connectivity index is 1.59. The van der Waals surface area contributed by atoms with Crippen molar-refractivity contribution in [2.45, 2.75) is 19.9 Å². The molecule has 2 aromatic carbocycles. The molecule has 1 unspecified atom stereocenters. The van der Waals surface area contributed by atoms with Crippen molar-refractivity contribution < 1.29 is 9.32 Å². The van der Waals surface area contributed by atoms with E-state index in [0.717, 1.165) is 16.8 Å². The van der Waals surface area contributed by atoms with E-state index in [-0.39, 0.29) is 11.9 Å². The molecule has 4 aromatic rings.